The van der Waals surface area contributed by atoms with E-state index in [0.29, 0.717) is 13.2 Å². The van der Waals surface area contributed by atoms with E-state index in [1.807, 2.05) is 0 Å². The first-order valence-electron chi connectivity index (χ1n) is 5.25. The average Bonchev–Trinajstić information content (AvgIpc) is 2.58. The van der Waals surface area contributed by atoms with Crippen LogP contribution in [-0.4, -0.2) is 24.4 Å². The van der Waals surface area contributed by atoms with Gasteiger partial charge in [-0.3, -0.25) is 0 Å². The maximum Gasteiger partial charge on any atom is 0.184 e. The highest BCUT2D eigenvalue weighted by Gasteiger charge is 2.43. The molecule has 1 saturated carbocycles. The van der Waals surface area contributed by atoms with Crippen LogP contribution < -0.4 is 0 Å². The molecular weight excluding hydrogens is 188 g/mol. The molecule has 2 fully saturated rings. The first kappa shape index (κ1) is 9.75. The molecule has 0 aromatic carbocycles. The highest BCUT2D eigenvalue weighted by Crippen LogP contribution is 2.37. The van der Waals surface area contributed by atoms with Crippen molar-refractivity contribution in [3.63, 3.8) is 0 Å². The van der Waals surface area contributed by atoms with Crippen LogP contribution in [0.5, 0.6) is 0 Å². The molecule has 2 aliphatic rings. The van der Waals surface area contributed by atoms with Gasteiger partial charge in [0.05, 0.1) is 18.6 Å². The molecule has 76 valence electrons. The second kappa shape index (κ2) is 4.16. The van der Waals surface area contributed by atoms with Gasteiger partial charge in [0.15, 0.2) is 5.79 Å². The molecule has 0 aromatic heterocycles. The Morgan fingerprint density at radius 3 is 2.46 bits per heavy atom. The van der Waals surface area contributed by atoms with Gasteiger partial charge in [-0.15, -0.1) is 11.6 Å². The molecule has 1 heterocycles. The third-order valence-electron chi connectivity index (χ3n) is 2.99. The first-order valence-corrected chi connectivity index (χ1v) is 5.69. The lowest BCUT2D eigenvalue weighted by atomic mass is 9.95. The van der Waals surface area contributed by atoms with Crippen molar-refractivity contribution >= 4 is 11.6 Å². The molecule has 1 aliphatic heterocycles. The van der Waals surface area contributed by atoms with Crippen molar-refractivity contribution < 1.29 is 9.47 Å². The molecule has 13 heavy (non-hydrogen) atoms. The second-order valence-corrected chi connectivity index (χ2v) is 4.46. The Balaban J connectivity index is 2.03. The summed E-state index contributed by atoms with van der Waals surface area (Å²) in [5, 5.41) is 0.0512. The number of halogens is 1. The zero-order valence-corrected chi connectivity index (χ0v) is 8.68. The van der Waals surface area contributed by atoms with Crippen LogP contribution in [0.25, 0.3) is 0 Å². The van der Waals surface area contributed by atoms with Gasteiger partial charge in [-0.1, -0.05) is 19.3 Å². The molecule has 0 amide bonds. The molecule has 1 aliphatic carbocycles. The summed E-state index contributed by atoms with van der Waals surface area (Å²) in [5.74, 6) is -0.429. The number of alkyl halides is 1. The molecule has 0 bridgehead atoms. The van der Waals surface area contributed by atoms with Crippen LogP contribution >= 0.6 is 11.6 Å². The van der Waals surface area contributed by atoms with Crippen molar-refractivity contribution in [3.8, 4) is 0 Å². The van der Waals surface area contributed by atoms with Crippen LogP contribution in [0.2, 0.25) is 0 Å². The molecule has 0 radical (unpaired) electrons. The van der Waals surface area contributed by atoms with Crippen molar-refractivity contribution in [2.75, 3.05) is 13.2 Å². The van der Waals surface area contributed by atoms with Gasteiger partial charge in [-0.25, -0.2) is 0 Å². The zero-order chi connectivity index (χ0) is 9.15. The third kappa shape index (κ3) is 2.00. The Labute approximate surface area is 84.5 Å². The predicted molar refractivity (Wildman–Crippen MR) is 52.0 cm³/mol. The summed E-state index contributed by atoms with van der Waals surface area (Å²) in [6.45, 7) is 1.42. The number of rotatable bonds is 0. The van der Waals surface area contributed by atoms with Gasteiger partial charge in [0.25, 0.3) is 0 Å². The van der Waals surface area contributed by atoms with E-state index < -0.39 is 5.79 Å². The second-order valence-electron chi connectivity index (χ2n) is 3.93. The van der Waals surface area contributed by atoms with Crippen molar-refractivity contribution in [1.82, 2.24) is 0 Å². The fourth-order valence-electron chi connectivity index (χ4n) is 2.22. The Morgan fingerprint density at radius 2 is 1.69 bits per heavy atom. The quantitative estimate of drug-likeness (QED) is 0.565. The van der Waals surface area contributed by atoms with Crippen LogP contribution in [0, 0.1) is 0 Å². The SMILES string of the molecule is ClC1CCCCCCC12OCCO2. The molecule has 2 rings (SSSR count). The highest BCUT2D eigenvalue weighted by atomic mass is 35.5. The Bertz CT molecular complexity index is 166. The third-order valence-corrected chi connectivity index (χ3v) is 3.54. The van der Waals surface area contributed by atoms with E-state index in [2.05, 4.69) is 0 Å². The number of ether oxygens (including phenoxy) is 2. The number of hydrogen-bond acceptors (Lipinski definition) is 2. The molecule has 2 nitrogen and oxygen atoms in total. The summed E-state index contributed by atoms with van der Waals surface area (Å²) in [6.07, 6.45) is 6.99. The van der Waals surface area contributed by atoms with E-state index in [1.54, 1.807) is 0 Å². The largest absolute Gasteiger partial charge is 0.346 e. The summed E-state index contributed by atoms with van der Waals surface area (Å²) in [5.41, 5.74) is 0. The minimum absolute atomic E-state index is 0.0512. The topological polar surface area (TPSA) is 18.5 Å². The number of hydrogen-bond donors (Lipinski definition) is 0. The summed E-state index contributed by atoms with van der Waals surface area (Å²) in [7, 11) is 0. The van der Waals surface area contributed by atoms with Gasteiger partial charge in [0.1, 0.15) is 0 Å². The summed E-state index contributed by atoms with van der Waals surface area (Å²) in [6, 6.07) is 0. The van der Waals surface area contributed by atoms with Gasteiger partial charge in [0, 0.05) is 6.42 Å². The van der Waals surface area contributed by atoms with Crippen LogP contribution in [0.3, 0.4) is 0 Å². The van der Waals surface area contributed by atoms with E-state index in [0.717, 1.165) is 12.8 Å². The monoisotopic (exact) mass is 204 g/mol. The van der Waals surface area contributed by atoms with E-state index in [1.165, 1.54) is 25.7 Å². The van der Waals surface area contributed by atoms with Crippen LogP contribution in [0.15, 0.2) is 0 Å². The average molecular weight is 205 g/mol. The maximum absolute atomic E-state index is 6.31. The van der Waals surface area contributed by atoms with Gasteiger partial charge < -0.3 is 9.47 Å². The molecule has 1 saturated heterocycles. The molecule has 1 atom stereocenters. The first-order chi connectivity index (χ1) is 6.33. The standard InChI is InChI=1S/C10H17ClO2/c11-9-5-3-1-2-4-6-10(9)12-7-8-13-10/h9H,1-8H2. The molecule has 3 heteroatoms. The highest BCUT2D eigenvalue weighted by molar-refractivity contribution is 6.21. The fourth-order valence-corrected chi connectivity index (χ4v) is 2.61. The molecule has 1 spiro atoms. The molecular formula is C10H17ClO2. The smallest absolute Gasteiger partial charge is 0.184 e. The van der Waals surface area contributed by atoms with Crippen LogP contribution in [0.4, 0.5) is 0 Å². The van der Waals surface area contributed by atoms with Gasteiger partial charge in [-0.2, -0.15) is 0 Å². The molecule has 1 unspecified atom stereocenters. The molecule has 0 N–H and O–H groups in total. The minimum Gasteiger partial charge on any atom is -0.346 e. The van der Waals surface area contributed by atoms with Crippen molar-refractivity contribution in [1.29, 1.82) is 0 Å². The van der Waals surface area contributed by atoms with E-state index in [9.17, 15) is 0 Å². The zero-order valence-electron chi connectivity index (χ0n) is 7.93. The minimum atomic E-state index is -0.429. The van der Waals surface area contributed by atoms with Crippen molar-refractivity contribution in [2.45, 2.75) is 49.7 Å². The Morgan fingerprint density at radius 1 is 1.00 bits per heavy atom. The van der Waals surface area contributed by atoms with E-state index in [4.69, 9.17) is 21.1 Å². The van der Waals surface area contributed by atoms with Crippen LogP contribution in [-0.2, 0) is 9.47 Å². The fraction of sp³-hybridized carbons (Fsp3) is 1.00. The lowest BCUT2D eigenvalue weighted by Crippen LogP contribution is -2.41. The van der Waals surface area contributed by atoms with E-state index in [-0.39, 0.29) is 5.38 Å². The predicted octanol–water partition coefficient (Wildman–Crippen LogP) is 2.69. The summed E-state index contributed by atoms with van der Waals surface area (Å²) >= 11 is 6.31. The van der Waals surface area contributed by atoms with Crippen molar-refractivity contribution in [2.24, 2.45) is 0 Å². The Kier molecular flexibility index (Phi) is 3.12. The summed E-state index contributed by atoms with van der Waals surface area (Å²) < 4.78 is 11.4. The van der Waals surface area contributed by atoms with Gasteiger partial charge in [-0.05, 0) is 12.8 Å². The Hall–Kier alpha value is 0.210. The molecule has 0 aromatic rings. The normalized spacial score (nSPS) is 34.4. The lowest BCUT2D eigenvalue weighted by molar-refractivity contribution is -0.167. The maximum atomic E-state index is 6.31. The van der Waals surface area contributed by atoms with Crippen molar-refractivity contribution in [3.05, 3.63) is 0 Å². The van der Waals surface area contributed by atoms with E-state index >= 15 is 0 Å². The lowest BCUT2D eigenvalue weighted by Gasteiger charge is -2.33. The summed E-state index contributed by atoms with van der Waals surface area (Å²) in [4.78, 5) is 0. The van der Waals surface area contributed by atoms with Crippen LogP contribution in [0.1, 0.15) is 38.5 Å². The van der Waals surface area contributed by atoms with Gasteiger partial charge in [0.2, 0.25) is 0 Å². The van der Waals surface area contributed by atoms with Gasteiger partial charge >= 0.3 is 0 Å².